The maximum absolute atomic E-state index is 9.40. The van der Waals surface area contributed by atoms with E-state index in [0.29, 0.717) is 6.54 Å². The van der Waals surface area contributed by atoms with E-state index >= 15 is 0 Å². The van der Waals surface area contributed by atoms with Gasteiger partial charge in [0.05, 0.1) is 12.7 Å². The van der Waals surface area contributed by atoms with Crippen LogP contribution in [-0.2, 0) is 0 Å². The van der Waals surface area contributed by atoms with Gasteiger partial charge in [-0.1, -0.05) is 19.4 Å². The average molecular weight is 238 g/mol. The number of unbranched alkanes of at least 4 members (excludes halogenated alkanes) is 1. The van der Waals surface area contributed by atoms with Crippen molar-refractivity contribution in [3.63, 3.8) is 0 Å². The van der Waals surface area contributed by atoms with E-state index in [9.17, 15) is 5.11 Å². The molecule has 1 aromatic rings. The molecule has 0 bridgehead atoms. The summed E-state index contributed by atoms with van der Waals surface area (Å²) in [5, 5.41) is 18.4. The van der Waals surface area contributed by atoms with Crippen LogP contribution in [0.5, 0.6) is 0 Å². The summed E-state index contributed by atoms with van der Waals surface area (Å²) in [7, 11) is 0. The molecule has 4 heteroatoms. The van der Waals surface area contributed by atoms with Crippen LogP contribution in [0.4, 0.5) is 5.82 Å². The second-order valence-electron chi connectivity index (χ2n) is 4.19. The Labute approximate surface area is 103 Å². The van der Waals surface area contributed by atoms with Gasteiger partial charge < -0.3 is 15.1 Å². The lowest BCUT2D eigenvalue weighted by atomic mass is 10.2. The van der Waals surface area contributed by atoms with Crippen molar-refractivity contribution >= 4 is 5.82 Å². The van der Waals surface area contributed by atoms with Crippen molar-refractivity contribution in [3.8, 4) is 0 Å². The molecule has 1 rings (SSSR count). The number of pyridine rings is 1. The fraction of sp³-hybridized carbons (Fsp3) is 0.615. The third kappa shape index (κ3) is 4.32. The molecule has 0 aromatic carbocycles. The van der Waals surface area contributed by atoms with Crippen molar-refractivity contribution in [3.05, 3.63) is 23.9 Å². The minimum Gasteiger partial charge on any atom is -0.395 e. The topological polar surface area (TPSA) is 56.6 Å². The fourth-order valence-electron chi connectivity index (χ4n) is 1.64. The highest BCUT2D eigenvalue weighted by Crippen LogP contribution is 2.16. The lowest BCUT2D eigenvalue weighted by Crippen LogP contribution is -2.28. The molecule has 0 aliphatic heterocycles. The minimum absolute atomic E-state index is 0.129. The van der Waals surface area contributed by atoms with Gasteiger partial charge in [0.2, 0.25) is 0 Å². The number of hydrogen-bond acceptors (Lipinski definition) is 4. The lowest BCUT2D eigenvalue weighted by Gasteiger charge is -2.22. The van der Waals surface area contributed by atoms with Crippen LogP contribution in [0.3, 0.4) is 0 Å². The zero-order chi connectivity index (χ0) is 12.7. The summed E-state index contributed by atoms with van der Waals surface area (Å²) in [4.78, 5) is 6.39. The van der Waals surface area contributed by atoms with Crippen LogP contribution in [-0.4, -0.2) is 34.9 Å². The number of nitrogens with zero attached hydrogens (tertiary/aromatic N) is 2. The normalized spacial score (nSPS) is 12.5. The smallest absolute Gasteiger partial charge is 0.128 e. The second-order valence-corrected chi connectivity index (χ2v) is 4.19. The number of hydrogen-bond donors (Lipinski definition) is 2. The van der Waals surface area contributed by atoms with Gasteiger partial charge in [-0.05, 0) is 25.0 Å². The molecule has 0 aliphatic carbocycles. The standard InChI is InChI=1S/C13H22N2O2/c1-3-4-7-15(8-9-16)13-6-5-12(10-14-13)11(2)17/h5-6,10-11,16-17H,3-4,7-9H2,1-2H3/t11-/m0/s1. The van der Waals surface area contributed by atoms with E-state index in [4.69, 9.17) is 5.11 Å². The van der Waals surface area contributed by atoms with Gasteiger partial charge in [-0.25, -0.2) is 4.98 Å². The first-order valence-corrected chi connectivity index (χ1v) is 6.18. The number of aromatic nitrogens is 1. The van der Waals surface area contributed by atoms with Gasteiger partial charge in [-0.3, -0.25) is 0 Å². The van der Waals surface area contributed by atoms with Crippen molar-refractivity contribution < 1.29 is 10.2 Å². The lowest BCUT2D eigenvalue weighted by molar-refractivity contribution is 0.199. The fourth-order valence-corrected chi connectivity index (χ4v) is 1.64. The van der Waals surface area contributed by atoms with Gasteiger partial charge in [0.15, 0.2) is 0 Å². The molecule has 2 N–H and O–H groups in total. The molecule has 0 spiro atoms. The largest absolute Gasteiger partial charge is 0.395 e. The van der Waals surface area contributed by atoms with Crippen LogP contribution in [0.2, 0.25) is 0 Å². The van der Waals surface area contributed by atoms with E-state index < -0.39 is 6.10 Å². The van der Waals surface area contributed by atoms with E-state index in [0.717, 1.165) is 30.8 Å². The monoisotopic (exact) mass is 238 g/mol. The first-order valence-electron chi connectivity index (χ1n) is 6.18. The summed E-state index contributed by atoms with van der Waals surface area (Å²) in [6.07, 6.45) is 3.41. The van der Waals surface area contributed by atoms with Crippen LogP contribution in [0.1, 0.15) is 38.4 Å². The second kappa shape index (κ2) is 7.25. The Bertz CT molecular complexity index is 312. The molecule has 4 nitrogen and oxygen atoms in total. The Hall–Kier alpha value is -1.13. The summed E-state index contributed by atoms with van der Waals surface area (Å²) in [5.41, 5.74) is 0.813. The summed E-state index contributed by atoms with van der Waals surface area (Å²) in [6.45, 7) is 5.49. The molecule has 1 atom stereocenters. The maximum atomic E-state index is 9.40. The highest BCUT2D eigenvalue weighted by Gasteiger charge is 2.08. The van der Waals surface area contributed by atoms with E-state index in [-0.39, 0.29) is 6.61 Å². The average Bonchev–Trinajstić information content (AvgIpc) is 2.34. The predicted octanol–water partition coefficient (Wildman–Crippen LogP) is 1.73. The van der Waals surface area contributed by atoms with Gasteiger partial charge in [-0.2, -0.15) is 0 Å². The molecule has 1 heterocycles. The number of aliphatic hydroxyl groups is 2. The Morgan fingerprint density at radius 1 is 1.35 bits per heavy atom. The third-order valence-corrected chi connectivity index (χ3v) is 2.73. The predicted molar refractivity (Wildman–Crippen MR) is 69.1 cm³/mol. The molecular formula is C13H22N2O2. The van der Waals surface area contributed by atoms with Gasteiger partial charge in [0.25, 0.3) is 0 Å². The molecule has 0 amide bonds. The Balaban J connectivity index is 2.72. The van der Waals surface area contributed by atoms with Gasteiger partial charge in [0, 0.05) is 19.3 Å². The van der Waals surface area contributed by atoms with Crippen molar-refractivity contribution in [2.45, 2.75) is 32.8 Å². The molecule has 0 unspecified atom stereocenters. The summed E-state index contributed by atoms with van der Waals surface area (Å²) in [5.74, 6) is 0.858. The minimum atomic E-state index is -0.488. The zero-order valence-electron chi connectivity index (χ0n) is 10.6. The van der Waals surface area contributed by atoms with Crippen LogP contribution in [0.15, 0.2) is 18.3 Å². The quantitative estimate of drug-likeness (QED) is 0.759. The SMILES string of the molecule is CCCCN(CCO)c1ccc([C@H](C)O)cn1. The number of aliphatic hydroxyl groups excluding tert-OH is 2. The van der Waals surface area contributed by atoms with E-state index in [1.807, 2.05) is 12.1 Å². The van der Waals surface area contributed by atoms with E-state index in [1.165, 1.54) is 0 Å². The van der Waals surface area contributed by atoms with Crippen LogP contribution in [0, 0.1) is 0 Å². The van der Waals surface area contributed by atoms with Crippen molar-refractivity contribution in [2.24, 2.45) is 0 Å². The molecule has 0 radical (unpaired) electrons. The summed E-state index contributed by atoms with van der Waals surface area (Å²) >= 11 is 0. The maximum Gasteiger partial charge on any atom is 0.128 e. The molecule has 1 aromatic heterocycles. The molecule has 17 heavy (non-hydrogen) atoms. The Kier molecular flexibility index (Phi) is 5.94. The molecule has 96 valence electrons. The van der Waals surface area contributed by atoms with Gasteiger partial charge in [-0.15, -0.1) is 0 Å². The summed E-state index contributed by atoms with van der Waals surface area (Å²) in [6, 6.07) is 3.77. The van der Waals surface area contributed by atoms with E-state index in [2.05, 4.69) is 16.8 Å². The van der Waals surface area contributed by atoms with Crippen molar-refractivity contribution in [2.75, 3.05) is 24.6 Å². The Morgan fingerprint density at radius 3 is 2.59 bits per heavy atom. The van der Waals surface area contributed by atoms with Crippen LogP contribution < -0.4 is 4.90 Å². The molecule has 0 aliphatic rings. The van der Waals surface area contributed by atoms with Crippen molar-refractivity contribution in [1.29, 1.82) is 0 Å². The first kappa shape index (κ1) is 13.9. The highest BCUT2D eigenvalue weighted by atomic mass is 16.3. The Morgan fingerprint density at radius 2 is 2.12 bits per heavy atom. The number of rotatable bonds is 7. The third-order valence-electron chi connectivity index (χ3n) is 2.73. The van der Waals surface area contributed by atoms with Gasteiger partial charge >= 0.3 is 0 Å². The molecule has 0 saturated heterocycles. The van der Waals surface area contributed by atoms with Crippen LogP contribution in [0.25, 0.3) is 0 Å². The molecule has 0 fully saturated rings. The van der Waals surface area contributed by atoms with Crippen molar-refractivity contribution in [1.82, 2.24) is 4.98 Å². The van der Waals surface area contributed by atoms with Gasteiger partial charge in [0.1, 0.15) is 5.82 Å². The number of anilines is 1. The highest BCUT2D eigenvalue weighted by molar-refractivity contribution is 5.39. The van der Waals surface area contributed by atoms with E-state index in [1.54, 1.807) is 13.1 Å². The molecular weight excluding hydrogens is 216 g/mol. The van der Waals surface area contributed by atoms with Crippen LogP contribution >= 0.6 is 0 Å². The molecule has 0 saturated carbocycles. The zero-order valence-corrected chi connectivity index (χ0v) is 10.6. The first-order chi connectivity index (χ1) is 8.19. The summed E-state index contributed by atoms with van der Waals surface area (Å²) < 4.78 is 0.